The summed E-state index contributed by atoms with van der Waals surface area (Å²) in [6, 6.07) is 13.5. The molecule has 1 heterocycles. The molecule has 0 saturated carbocycles. The molecule has 3 rings (SSSR count). The van der Waals surface area contributed by atoms with E-state index >= 15 is 0 Å². The molecule has 126 valence electrons. The number of hydrogen-bond donors (Lipinski definition) is 1. The van der Waals surface area contributed by atoms with Crippen LogP contribution in [0.3, 0.4) is 0 Å². The number of carbonyl (C=O) groups is 1. The van der Waals surface area contributed by atoms with Gasteiger partial charge in [-0.05, 0) is 42.2 Å². The van der Waals surface area contributed by atoms with E-state index in [0.717, 1.165) is 32.5 Å². The zero-order chi connectivity index (χ0) is 16.9. The summed E-state index contributed by atoms with van der Waals surface area (Å²) in [6.45, 7) is 3.66. The van der Waals surface area contributed by atoms with Crippen LogP contribution in [0.2, 0.25) is 10.0 Å². The molecule has 1 N–H and O–H groups in total. The molecule has 2 aromatic carbocycles. The summed E-state index contributed by atoms with van der Waals surface area (Å²) in [5, 5.41) is 3.85. The third kappa shape index (κ3) is 4.29. The highest BCUT2D eigenvalue weighted by molar-refractivity contribution is 6.35. The maximum atomic E-state index is 12.2. The van der Waals surface area contributed by atoms with Gasteiger partial charge in [0.25, 0.3) is 5.91 Å². The minimum Gasteiger partial charge on any atom is -0.352 e. The van der Waals surface area contributed by atoms with Crippen molar-refractivity contribution in [3.63, 3.8) is 0 Å². The number of halogens is 2. The Bertz CT molecular complexity index is 733. The van der Waals surface area contributed by atoms with Crippen LogP contribution < -0.4 is 5.32 Å². The molecule has 3 nitrogen and oxygen atoms in total. The normalized spacial score (nSPS) is 14.2. The molecule has 1 aliphatic rings. The summed E-state index contributed by atoms with van der Waals surface area (Å²) < 4.78 is 0. The van der Waals surface area contributed by atoms with Crippen LogP contribution in [0.1, 0.15) is 27.9 Å². The van der Waals surface area contributed by atoms with Gasteiger partial charge in [-0.1, -0.05) is 47.5 Å². The van der Waals surface area contributed by atoms with Gasteiger partial charge in [0, 0.05) is 31.2 Å². The fourth-order valence-corrected chi connectivity index (χ4v) is 3.39. The fraction of sp³-hybridized carbons (Fsp3) is 0.316. The van der Waals surface area contributed by atoms with E-state index in [1.807, 2.05) is 0 Å². The van der Waals surface area contributed by atoms with Crippen LogP contribution in [0.5, 0.6) is 0 Å². The van der Waals surface area contributed by atoms with Gasteiger partial charge in [0.1, 0.15) is 0 Å². The van der Waals surface area contributed by atoms with Crippen molar-refractivity contribution in [2.45, 2.75) is 19.4 Å². The number of benzene rings is 2. The standard InChI is InChI=1S/C19H20Cl2N2O/c20-16-6-7-18(21)17(12-16)19(24)22-9-3-10-23-11-8-14-4-1-2-5-15(14)13-23/h1-2,4-7,12H,3,8-11,13H2,(H,22,24). The number of nitrogens with zero attached hydrogens (tertiary/aromatic N) is 1. The van der Waals surface area contributed by atoms with Crippen LogP contribution in [0, 0.1) is 0 Å². The van der Waals surface area contributed by atoms with Gasteiger partial charge in [-0.3, -0.25) is 9.69 Å². The molecule has 0 atom stereocenters. The summed E-state index contributed by atoms with van der Waals surface area (Å²) in [5.74, 6) is -0.175. The zero-order valence-corrected chi connectivity index (χ0v) is 14.9. The number of amides is 1. The third-order valence-electron chi connectivity index (χ3n) is 4.32. The van der Waals surface area contributed by atoms with Crippen molar-refractivity contribution in [2.24, 2.45) is 0 Å². The number of nitrogens with one attached hydrogen (secondary N) is 1. The summed E-state index contributed by atoms with van der Waals surface area (Å²) in [6.07, 6.45) is 2.01. The van der Waals surface area contributed by atoms with Crippen LogP contribution in [0.15, 0.2) is 42.5 Å². The van der Waals surface area contributed by atoms with E-state index in [9.17, 15) is 4.79 Å². The second kappa shape index (κ2) is 8.02. The van der Waals surface area contributed by atoms with Gasteiger partial charge < -0.3 is 5.32 Å². The van der Waals surface area contributed by atoms with Crippen molar-refractivity contribution in [3.8, 4) is 0 Å². The van der Waals surface area contributed by atoms with Crippen molar-refractivity contribution in [2.75, 3.05) is 19.6 Å². The van der Waals surface area contributed by atoms with Gasteiger partial charge in [-0.2, -0.15) is 0 Å². The molecule has 0 aliphatic carbocycles. The Morgan fingerprint density at radius 3 is 2.75 bits per heavy atom. The molecule has 24 heavy (non-hydrogen) atoms. The molecule has 0 radical (unpaired) electrons. The number of rotatable bonds is 5. The lowest BCUT2D eigenvalue weighted by atomic mass is 10.00. The van der Waals surface area contributed by atoms with Crippen LogP contribution in [0.4, 0.5) is 0 Å². The summed E-state index contributed by atoms with van der Waals surface area (Å²) in [5.41, 5.74) is 3.30. The Morgan fingerprint density at radius 1 is 1.12 bits per heavy atom. The van der Waals surface area contributed by atoms with Crippen LogP contribution in [-0.2, 0) is 13.0 Å². The van der Waals surface area contributed by atoms with E-state index < -0.39 is 0 Å². The Balaban J connectivity index is 1.44. The van der Waals surface area contributed by atoms with Crippen molar-refractivity contribution in [1.82, 2.24) is 10.2 Å². The summed E-state index contributed by atoms with van der Waals surface area (Å²) in [4.78, 5) is 14.6. The average Bonchev–Trinajstić information content (AvgIpc) is 2.60. The van der Waals surface area contributed by atoms with E-state index in [2.05, 4.69) is 34.5 Å². The van der Waals surface area contributed by atoms with E-state index in [1.165, 1.54) is 11.1 Å². The predicted octanol–water partition coefficient (Wildman–Crippen LogP) is 4.17. The SMILES string of the molecule is O=C(NCCCN1CCc2ccccc2C1)c1cc(Cl)ccc1Cl. The molecule has 5 heteroatoms. The first-order valence-electron chi connectivity index (χ1n) is 8.16. The second-order valence-corrected chi connectivity index (χ2v) is 6.87. The Kier molecular flexibility index (Phi) is 5.77. The van der Waals surface area contributed by atoms with Crippen LogP contribution in [0.25, 0.3) is 0 Å². The molecule has 0 fully saturated rings. The highest BCUT2D eigenvalue weighted by atomic mass is 35.5. The highest BCUT2D eigenvalue weighted by Gasteiger charge is 2.15. The lowest BCUT2D eigenvalue weighted by Crippen LogP contribution is -2.33. The Morgan fingerprint density at radius 2 is 1.92 bits per heavy atom. The van der Waals surface area contributed by atoms with Crippen LogP contribution in [-0.4, -0.2) is 30.4 Å². The van der Waals surface area contributed by atoms with Crippen LogP contribution >= 0.6 is 23.2 Å². The quantitative estimate of drug-likeness (QED) is 0.809. The van der Waals surface area contributed by atoms with Crippen molar-refractivity contribution in [3.05, 3.63) is 69.2 Å². The maximum Gasteiger partial charge on any atom is 0.252 e. The van der Waals surface area contributed by atoms with Crippen molar-refractivity contribution < 1.29 is 4.79 Å². The molecule has 1 aliphatic heterocycles. The lowest BCUT2D eigenvalue weighted by molar-refractivity contribution is 0.0951. The first-order valence-corrected chi connectivity index (χ1v) is 8.91. The van der Waals surface area contributed by atoms with Crippen molar-refractivity contribution >= 4 is 29.1 Å². The third-order valence-corrected chi connectivity index (χ3v) is 4.88. The van der Waals surface area contributed by atoms with Gasteiger partial charge in [-0.15, -0.1) is 0 Å². The summed E-state index contributed by atoms with van der Waals surface area (Å²) >= 11 is 12.0. The molecule has 0 spiro atoms. The second-order valence-electron chi connectivity index (χ2n) is 6.03. The molecule has 0 saturated heterocycles. The van der Waals surface area contributed by atoms with Gasteiger partial charge in [-0.25, -0.2) is 0 Å². The van der Waals surface area contributed by atoms with E-state index in [-0.39, 0.29) is 5.91 Å². The largest absolute Gasteiger partial charge is 0.352 e. The first-order chi connectivity index (χ1) is 11.6. The summed E-state index contributed by atoms with van der Waals surface area (Å²) in [7, 11) is 0. The average molecular weight is 363 g/mol. The Labute approximate surface area is 152 Å². The molecular formula is C19H20Cl2N2O. The predicted molar refractivity (Wildman–Crippen MR) is 98.8 cm³/mol. The van der Waals surface area contributed by atoms with E-state index in [1.54, 1.807) is 18.2 Å². The number of hydrogen-bond acceptors (Lipinski definition) is 2. The minimum atomic E-state index is -0.175. The highest BCUT2D eigenvalue weighted by Crippen LogP contribution is 2.21. The monoisotopic (exact) mass is 362 g/mol. The maximum absolute atomic E-state index is 12.2. The fourth-order valence-electron chi connectivity index (χ4n) is 3.02. The van der Waals surface area contributed by atoms with Gasteiger partial charge >= 0.3 is 0 Å². The molecule has 0 unspecified atom stereocenters. The number of fused-ring (bicyclic) bond motifs is 1. The molecular weight excluding hydrogens is 343 g/mol. The number of carbonyl (C=O) groups excluding carboxylic acids is 1. The van der Waals surface area contributed by atoms with Crippen molar-refractivity contribution in [1.29, 1.82) is 0 Å². The smallest absolute Gasteiger partial charge is 0.252 e. The van der Waals surface area contributed by atoms with Gasteiger partial charge in [0.2, 0.25) is 0 Å². The molecule has 0 bridgehead atoms. The Hall–Kier alpha value is -1.55. The minimum absolute atomic E-state index is 0.175. The zero-order valence-electron chi connectivity index (χ0n) is 13.4. The first kappa shape index (κ1) is 17.3. The van der Waals surface area contributed by atoms with E-state index in [4.69, 9.17) is 23.2 Å². The van der Waals surface area contributed by atoms with E-state index in [0.29, 0.717) is 22.2 Å². The topological polar surface area (TPSA) is 32.3 Å². The molecule has 0 aromatic heterocycles. The molecule has 1 amide bonds. The van der Waals surface area contributed by atoms with Gasteiger partial charge in [0.05, 0.1) is 10.6 Å². The van der Waals surface area contributed by atoms with Gasteiger partial charge in [0.15, 0.2) is 0 Å². The lowest BCUT2D eigenvalue weighted by Gasteiger charge is -2.28. The molecule has 2 aromatic rings.